The van der Waals surface area contributed by atoms with Crippen molar-refractivity contribution in [2.45, 2.75) is 18.6 Å². The van der Waals surface area contributed by atoms with Gasteiger partial charge in [-0.25, -0.2) is 9.18 Å². The van der Waals surface area contributed by atoms with Crippen LogP contribution in [0.4, 0.5) is 9.18 Å². The predicted octanol–water partition coefficient (Wildman–Crippen LogP) is 1.47. The molecule has 3 aliphatic rings. The summed E-state index contributed by atoms with van der Waals surface area (Å²) in [6.45, 7) is 2.16. The lowest BCUT2D eigenvalue weighted by atomic mass is 9.98. The van der Waals surface area contributed by atoms with Gasteiger partial charge >= 0.3 is 6.03 Å². The highest BCUT2D eigenvalue weighted by Gasteiger charge is 2.39. The van der Waals surface area contributed by atoms with Crippen LogP contribution in [0.2, 0.25) is 5.02 Å². The number of nitrogens with one attached hydrogen (secondary N) is 1. The monoisotopic (exact) mass is 391 g/mol. The molecule has 2 atom stereocenters. The Bertz CT molecular complexity index is 811. The Morgan fingerprint density at radius 3 is 2.89 bits per heavy atom. The van der Waals surface area contributed by atoms with E-state index >= 15 is 0 Å². The van der Waals surface area contributed by atoms with Crippen LogP contribution in [0.15, 0.2) is 18.2 Å². The number of halogens is 2. The fourth-order valence-electron chi connectivity index (χ4n) is 3.59. The molecule has 3 heterocycles. The maximum absolute atomic E-state index is 13.7. The molecule has 1 unspecified atom stereocenters. The highest BCUT2D eigenvalue weighted by Crippen LogP contribution is 2.23. The molecule has 0 aromatic heterocycles. The van der Waals surface area contributed by atoms with Crippen LogP contribution in [-0.4, -0.2) is 66.7 Å². The number of fused-ring (bicyclic) bond motifs is 1. The Hall–Kier alpha value is -2.30. The summed E-state index contributed by atoms with van der Waals surface area (Å²) in [6, 6.07) is 4.25. The van der Waals surface area contributed by atoms with Gasteiger partial charge in [0, 0.05) is 26.2 Å². The quantitative estimate of drug-likeness (QED) is 0.681. The Morgan fingerprint density at radius 2 is 2.11 bits per heavy atom. The van der Waals surface area contributed by atoms with Gasteiger partial charge in [-0.2, -0.15) is 0 Å². The Labute approximate surface area is 161 Å². The molecule has 3 aliphatic heterocycles. The van der Waals surface area contributed by atoms with Gasteiger partial charge in [-0.05, 0) is 18.6 Å². The van der Waals surface area contributed by atoms with Crippen LogP contribution in [0.3, 0.4) is 0 Å². The molecule has 6 nitrogen and oxygen atoms in total. The van der Waals surface area contributed by atoms with E-state index < -0.39 is 5.82 Å². The number of carbonyl (C=O) groups is 2. The first-order valence-corrected chi connectivity index (χ1v) is 9.29. The van der Waals surface area contributed by atoms with Crippen molar-refractivity contribution in [3.05, 3.63) is 34.6 Å². The summed E-state index contributed by atoms with van der Waals surface area (Å²) in [5, 5.41) is 3.18. The highest BCUT2D eigenvalue weighted by molar-refractivity contribution is 6.31. The second-order valence-electron chi connectivity index (χ2n) is 7.01. The average Bonchev–Trinajstić information content (AvgIpc) is 2.61. The maximum atomic E-state index is 13.7. The topological polar surface area (TPSA) is 61.9 Å². The summed E-state index contributed by atoms with van der Waals surface area (Å²) in [5.74, 6) is 5.20. The summed E-state index contributed by atoms with van der Waals surface area (Å²) < 4.78 is 19.2. The van der Waals surface area contributed by atoms with E-state index in [-0.39, 0.29) is 47.2 Å². The number of likely N-dealkylation sites (tertiary alicyclic amines) is 2. The summed E-state index contributed by atoms with van der Waals surface area (Å²) in [4.78, 5) is 27.6. The summed E-state index contributed by atoms with van der Waals surface area (Å²) in [6.07, 6.45) is 0.687. The highest BCUT2D eigenvalue weighted by atomic mass is 35.5. The fraction of sp³-hybridized carbons (Fsp3) is 0.474. The van der Waals surface area contributed by atoms with Crippen LogP contribution in [0, 0.1) is 23.6 Å². The first-order chi connectivity index (χ1) is 13.0. The summed E-state index contributed by atoms with van der Waals surface area (Å²) >= 11 is 5.97. The van der Waals surface area contributed by atoms with Gasteiger partial charge in [-0.3, -0.25) is 4.79 Å². The molecule has 3 amide bonds. The number of hydrogen-bond donors (Lipinski definition) is 1. The van der Waals surface area contributed by atoms with Gasteiger partial charge in [0.15, 0.2) is 0 Å². The molecule has 1 N–H and O–H groups in total. The van der Waals surface area contributed by atoms with Crippen molar-refractivity contribution in [2.24, 2.45) is 5.92 Å². The minimum absolute atomic E-state index is 0.000113. The van der Waals surface area contributed by atoms with Crippen LogP contribution in [0.5, 0.6) is 0 Å². The lowest BCUT2D eigenvalue weighted by molar-refractivity contribution is -0.139. The molecule has 27 heavy (non-hydrogen) atoms. The molecule has 0 saturated carbocycles. The molecule has 1 aromatic rings. The maximum Gasteiger partial charge on any atom is 0.320 e. The van der Waals surface area contributed by atoms with Gasteiger partial charge < -0.3 is 19.9 Å². The molecule has 0 bridgehead atoms. The number of benzene rings is 1. The van der Waals surface area contributed by atoms with Gasteiger partial charge in [0.25, 0.3) is 0 Å². The minimum atomic E-state index is -0.443. The van der Waals surface area contributed by atoms with Crippen molar-refractivity contribution < 1.29 is 18.7 Å². The number of piperidine rings is 1. The molecule has 142 valence electrons. The molecule has 4 rings (SSSR count). The predicted molar refractivity (Wildman–Crippen MR) is 96.6 cm³/mol. The second kappa shape index (κ2) is 7.37. The van der Waals surface area contributed by atoms with E-state index in [1.165, 1.54) is 12.1 Å². The van der Waals surface area contributed by atoms with Crippen molar-refractivity contribution in [1.29, 1.82) is 0 Å². The van der Waals surface area contributed by atoms with Gasteiger partial charge in [0.1, 0.15) is 12.4 Å². The zero-order valence-corrected chi connectivity index (χ0v) is 15.3. The van der Waals surface area contributed by atoms with Gasteiger partial charge in [0.2, 0.25) is 5.91 Å². The third-order valence-electron chi connectivity index (χ3n) is 5.11. The molecular weight excluding hydrogens is 373 g/mol. The molecule has 0 radical (unpaired) electrons. The van der Waals surface area contributed by atoms with Crippen LogP contribution in [-0.2, 0) is 9.53 Å². The number of nitrogens with zero attached hydrogens (tertiary/aromatic N) is 2. The van der Waals surface area contributed by atoms with Crippen LogP contribution in [0.25, 0.3) is 0 Å². The van der Waals surface area contributed by atoms with Crippen molar-refractivity contribution in [3.8, 4) is 11.8 Å². The van der Waals surface area contributed by atoms with E-state index in [1.807, 2.05) is 0 Å². The number of carbonyl (C=O) groups excluding carboxylic acids is 2. The smallest absolute Gasteiger partial charge is 0.320 e. The molecule has 1 aromatic carbocycles. The Kier molecular flexibility index (Phi) is 4.94. The van der Waals surface area contributed by atoms with Gasteiger partial charge in [-0.1, -0.05) is 29.5 Å². The Morgan fingerprint density at radius 1 is 1.30 bits per heavy atom. The largest absolute Gasteiger partial charge is 0.366 e. The van der Waals surface area contributed by atoms with Crippen LogP contribution >= 0.6 is 11.6 Å². The molecule has 3 fully saturated rings. The number of morpholine rings is 1. The second-order valence-corrected chi connectivity index (χ2v) is 7.42. The minimum Gasteiger partial charge on any atom is -0.366 e. The van der Waals surface area contributed by atoms with Gasteiger partial charge in [0.05, 0.1) is 28.6 Å². The van der Waals surface area contributed by atoms with E-state index in [1.54, 1.807) is 15.9 Å². The van der Waals surface area contributed by atoms with E-state index in [0.717, 1.165) is 0 Å². The van der Waals surface area contributed by atoms with Crippen LogP contribution < -0.4 is 5.32 Å². The first-order valence-electron chi connectivity index (χ1n) is 8.91. The third-order valence-corrected chi connectivity index (χ3v) is 5.43. The number of urea groups is 1. The van der Waals surface area contributed by atoms with E-state index in [2.05, 4.69) is 17.2 Å². The first kappa shape index (κ1) is 18.1. The lowest BCUT2D eigenvalue weighted by Crippen LogP contribution is -2.64. The number of amides is 3. The number of rotatable bonds is 0. The Balaban J connectivity index is 1.32. The molecule has 8 heteroatoms. The molecule has 3 saturated heterocycles. The van der Waals surface area contributed by atoms with E-state index in [9.17, 15) is 14.0 Å². The molecular formula is C19H19ClFN3O3. The lowest BCUT2D eigenvalue weighted by Gasteiger charge is -2.45. The van der Waals surface area contributed by atoms with Crippen molar-refractivity contribution in [3.63, 3.8) is 0 Å². The summed E-state index contributed by atoms with van der Waals surface area (Å²) in [5.41, 5.74) is 0.194. The van der Waals surface area contributed by atoms with Crippen molar-refractivity contribution in [1.82, 2.24) is 15.1 Å². The van der Waals surface area contributed by atoms with Crippen molar-refractivity contribution in [2.75, 3.05) is 32.8 Å². The van der Waals surface area contributed by atoms with E-state index in [0.29, 0.717) is 32.6 Å². The zero-order chi connectivity index (χ0) is 19.0. The fourth-order valence-corrected chi connectivity index (χ4v) is 3.80. The van der Waals surface area contributed by atoms with E-state index in [4.69, 9.17) is 16.3 Å². The molecule has 0 aliphatic carbocycles. The number of ether oxygens (including phenoxy) is 1. The average molecular weight is 392 g/mol. The van der Waals surface area contributed by atoms with Gasteiger partial charge in [-0.15, -0.1) is 0 Å². The summed E-state index contributed by atoms with van der Waals surface area (Å²) in [7, 11) is 0. The SMILES string of the molecule is O=C1CO[C@H]2CCN(C(=O)N3CC(C#Cc4c(F)cccc4Cl)C3)CC2N1. The van der Waals surface area contributed by atoms with Crippen molar-refractivity contribution >= 4 is 23.5 Å². The van der Waals surface area contributed by atoms with Crippen LogP contribution in [0.1, 0.15) is 12.0 Å². The number of hydrogen-bond acceptors (Lipinski definition) is 3. The normalized spacial score (nSPS) is 25.0. The standard InChI is InChI=1S/C19H19ClFN3O3/c20-14-2-1-3-15(21)13(14)5-4-12-8-24(9-12)19(26)23-7-6-17-16(10-23)22-18(25)11-27-17/h1-3,12,16-17H,6-11H2,(H,22,25)/t16?,17-/m0/s1. The zero-order valence-electron chi connectivity index (χ0n) is 14.6. The third kappa shape index (κ3) is 3.73. The molecule has 0 spiro atoms.